The summed E-state index contributed by atoms with van der Waals surface area (Å²) >= 11 is 0. The number of aryl methyl sites for hydroxylation is 2. The molecule has 1 aliphatic carbocycles. The van der Waals surface area contributed by atoms with Gasteiger partial charge in [0.1, 0.15) is 17.1 Å². The molecule has 1 fully saturated rings. The van der Waals surface area contributed by atoms with E-state index in [0.717, 1.165) is 12.2 Å². The number of carboxylic acids is 1. The molecule has 2 aromatic rings. The molecule has 1 N–H and O–H groups in total. The number of alkyl halides is 2. The molecule has 0 saturated carbocycles. The number of halogens is 2. The van der Waals surface area contributed by atoms with Crippen molar-refractivity contribution in [3.8, 4) is 0 Å². The predicted molar refractivity (Wildman–Crippen MR) is 140 cm³/mol. The van der Waals surface area contributed by atoms with Crippen molar-refractivity contribution in [1.29, 1.82) is 0 Å². The third kappa shape index (κ3) is 4.45. The zero-order valence-electron chi connectivity index (χ0n) is 21.7. The van der Waals surface area contributed by atoms with Crippen LogP contribution < -0.4 is 0 Å². The van der Waals surface area contributed by atoms with Gasteiger partial charge in [-0.05, 0) is 73.7 Å². The summed E-state index contributed by atoms with van der Waals surface area (Å²) in [7, 11) is 0. The number of hydrogen-bond acceptors (Lipinski definition) is 4. The van der Waals surface area contributed by atoms with Gasteiger partial charge in [0, 0.05) is 29.8 Å². The fraction of sp³-hybridized carbons (Fsp3) is 0.400. The van der Waals surface area contributed by atoms with E-state index in [9.17, 15) is 18.7 Å². The maximum Gasteiger partial charge on any atom is 0.307 e. The molecule has 0 aromatic heterocycles. The number of carbonyl (C=O) groups is 1. The Balaban J connectivity index is 1.92. The summed E-state index contributed by atoms with van der Waals surface area (Å²) < 4.78 is 41.1. The molecule has 0 spiro atoms. The lowest BCUT2D eigenvalue weighted by atomic mass is 9.73. The Kier molecular flexibility index (Phi) is 6.21. The monoisotopic (exact) mass is 507 g/mol. The molecule has 0 amide bonds. The van der Waals surface area contributed by atoms with Crippen LogP contribution in [0.2, 0.25) is 0 Å². The number of allylic oxidation sites excluding steroid dienone is 2. The van der Waals surface area contributed by atoms with Gasteiger partial charge in [-0.15, -0.1) is 0 Å². The highest BCUT2D eigenvalue weighted by molar-refractivity contribution is 6.02. The van der Waals surface area contributed by atoms with Gasteiger partial charge in [-0.25, -0.2) is 8.78 Å². The molecule has 3 aliphatic rings. The lowest BCUT2D eigenvalue weighted by Gasteiger charge is -2.41. The first kappa shape index (κ1) is 25.2. The average molecular weight is 508 g/mol. The van der Waals surface area contributed by atoms with E-state index in [4.69, 9.17) is 14.5 Å². The zero-order valence-corrected chi connectivity index (χ0v) is 21.7. The fourth-order valence-corrected chi connectivity index (χ4v) is 5.75. The summed E-state index contributed by atoms with van der Waals surface area (Å²) in [5.74, 6) is 0.156. The molecule has 5 nitrogen and oxygen atoms in total. The Morgan fingerprint density at radius 3 is 2.65 bits per heavy atom. The van der Waals surface area contributed by atoms with Gasteiger partial charge in [0.15, 0.2) is 0 Å². The number of fused-ring (bicyclic) bond motifs is 1. The number of carboxylic acid groups (broad SMARTS) is 1. The Morgan fingerprint density at radius 2 is 1.97 bits per heavy atom. The van der Waals surface area contributed by atoms with Gasteiger partial charge < -0.3 is 14.6 Å². The lowest BCUT2D eigenvalue weighted by molar-refractivity contribution is -0.136. The van der Waals surface area contributed by atoms with Crippen molar-refractivity contribution in [2.24, 2.45) is 10.9 Å². The van der Waals surface area contributed by atoms with E-state index in [1.54, 1.807) is 32.2 Å². The first-order chi connectivity index (χ1) is 17.5. The van der Waals surface area contributed by atoms with Gasteiger partial charge in [-0.1, -0.05) is 23.8 Å². The predicted octanol–water partition coefficient (Wildman–Crippen LogP) is 6.86. The molecule has 5 rings (SSSR count). The molecule has 0 bridgehead atoms. The van der Waals surface area contributed by atoms with Crippen molar-refractivity contribution in [2.75, 3.05) is 6.61 Å². The minimum atomic E-state index is -2.67. The van der Waals surface area contributed by atoms with E-state index in [1.165, 1.54) is 5.57 Å². The second kappa shape index (κ2) is 9.12. The zero-order chi connectivity index (χ0) is 26.6. The fourth-order valence-electron chi connectivity index (χ4n) is 5.75. The summed E-state index contributed by atoms with van der Waals surface area (Å²) in [6.45, 7) is 9.82. The van der Waals surface area contributed by atoms with Crippen LogP contribution in [-0.4, -0.2) is 35.5 Å². The normalized spacial score (nSPS) is 21.0. The van der Waals surface area contributed by atoms with Crippen LogP contribution >= 0.6 is 0 Å². The Bertz CT molecular complexity index is 1430. The largest absolute Gasteiger partial charge is 0.497 e. The number of aliphatic imine (C=N–C) groups is 1. The van der Waals surface area contributed by atoms with E-state index < -0.39 is 24.0 Å². The smallest absolute Gasteiger partial charge is 0.307 e. The van der Waals surface area contributed by atoms with Gasteiger partial charge in [0.25, 0.3) is 6.43 Å². The van der Waals surface area contributed by atoms with Crippen molar-refractivity contribution < 1.29 is 28.2 Å². The first-order valence-electron chi connectivity index (χ1n) is 12.5. The molecule has 194 valence electrons. The molecule has 0 radical (unpaired) electrons. The number of hydrogen-bond donors (Lipinski definition) is 1. The molecule has 2 atom stereocenters. The van der Waals surface area contributed by atoms with Crippen LogP contribution in [0, 0.1) is 19.8 Å². The van der Waals surface area contributed by atoms with Crippen LogP contribution in [0.1, 0.15) is 61.4 Å². The van der Waals surface area contributed by atoms with E-state index in [0.29, 0.717) is 51.0 Å². The Hall–Kier alpha value is -3.48. The summed E-state index contributed by atoms with van der Waals surface area (Å²) in [6, 6.07) is 4.77. The highest BCUT2D eigenvalue weighted by Crippen LogP contribution is 2.49. The topological polar surface area (TPSA) is 68.1 Å². The average Bonchev–Trinajstić information content (AvgIpc) is 2.79. The van der Waals surface area contributed by atoms with Gasteiger partial charge in [-0.2, -0.15) is 0 Å². The van der Waals surface area contributed by atoms with Crippen LogP contribution in [0.15, 0.2) is 52.4 Å². The Morgan fingerprint density at radius 1 is 1.22 bits per heavy atom. The summed E-state index contributed by atoms with van der Waals surface area (Å²) in [5.41, 5.74) is 3.61. The second-order valence-corrected chi connectivity index (χ2v) is 10.9. The van der Waals surface area contributed by atoms with E-state index in [-0.39, 0.29) is 17.9 Å². The van der Waals surface area contributed by atoms with Crippen LogP contribution in [0.25, 0.3) is 16.3 Å². The van der Waals surface area contributed by atoms with Crippen molar-refractivity contribution >= 4 is 28.5 Å². The molecular formula is C30H31F2NO4. The van der Waals surface area contributed by atoms with Crippen molar-refractivity contribution in [3.05, 3.63) is 75.3 Å². The minimum Gasteiger partial charge on any atom is -0.497 e. The number of ether oxygens (including phenoxy) is 2. The van der Waals surface area contributed by atoms with E-state index in [2.05, 4.69) is 0 Å². The summed E-state index contributed by atoms with van der Waals surface area (Å²) in [5, 5.41) is 10.8. The van der Waals surface area contributed by atoms with Crippen LogP contribution in [0.4, 0.5) is 8.78 Å². The maximum atomic E-state index is 14.3. The quantitative estimate of drug-likeness (QED) is 0.480. The van der Waals surface area contributed by atoms with Crippen LogP contribution in [0.3, 0.4) is 0 Å². The number of rotatable bonds is 5. The highest BCUT2D eigenvalue weighted by Gasteiger charge is 2.43. The number of benzene rings is 2. The summed E-state index contributed by atoms with van der Waals surface area (Å²) in [4.78, 5) is 16.9. The molecular weight excluding hydrogens is 476 g/mol. The number of dihydropyridines is 1. The maximum absolute atomic E-state index is 14.3. The molecule has 2 aromatic carbocycles. The second-order valence-electron chi connectivity index (χ2n) is 10.9. The first-order valence-corrected chi connectivity index (χ1v) is 12.5. The van der Waals surface area contributed by atoms with Crippen molar-refractivity contribution in [3.63, 3.8) is 0 Å². The molecule has 2 heterocycles. The van der Waals surface area contributed by atoms with Crippen molar-refractivity contribution in [1.82, 2.24) is 0 Å². The SMILES string of the molecule is Cc1cc2c(C(F)F)c(C)ccc2c(C2=C(OC(C)(C)C)C=C3OCCC4=CC=NC2C43)c1CC(=O)O. The Labute approximate surface area is 215 Å². The molecule has 2 aliphatic heterocycles. The number of nitrogens with zero attached hydrogens (tertiary/aromatic N) is 1. The van der Waals surface area contributed by atoms with Gasteiger partial charge in [0.2, 0.25) is 0 Å². The molecule has 7 heteroatoms. The van der Waals surface area contributed by atoms with Crippen LogP contribution in [-0.2, 0) is 20.7 Å². The molecule has 1 saturated heterocycles. The van der Waals surface area contributed by atoms with Gasteiger partial charge in [0.05, 0.1) is 25.0 Å². The van der Waals surface area contributed by atoms with E-state index in [1.807, 2.05) is 39.0 Å². The third-order valence-corrected chi connectivity index (χ3v) is 7.20. The minimum absolute atomic E-state index is 0.0385. The highest BCUT2D eigenvalue weighted by atomic mass is 19.3. The van der Waals surface area contributed by atoms with Crippen LogP contribution in [0.5, 0.6) is 0 Å². The molecule has 2 unspecified atom stereocenters. The lowest BCUT2D eigenvalue weighted by Crippen LogP contribution is -2.36. The summed E-state index contributed by atoms with van der Waals surface area (Å²) in [6.07, 6.45) is 3.51. The van der Waals surface area contributed by atoms with Gasteiger partial charge in [-0.3, -0.25) is 9.79 Å². The van der Waals surface area contributed by atoms with E-state index >= 15 is 0 Å². The molecule has 37 heavy (non-hydrogen) atoms. The van der Waals surface area contributed by atoms with Gasteiger partial charge >= 0.3 is 5.97 Å². The standard InChI is InChI=1S/C30H31F2NO4/c1-15-6-7-18-20(24(15)29(31)32)12-16(2)19(13-23(34)35)26(18)27-22(37-30(3,4)5)14-21-25-17(9-11-36-21)8-10-33-28(25)27/h6-8,10,12,14,25,28-29H,9,11,13H2,1-5H3,(H,34,35). The number of aliphatic carboxylic acids is 1. The third-order valence-electron chi connectivity index (χ3n) is 7.20. The van der Waals surface area contributed by atoms with Crippen molar-refractivity contribution in [2.45, 2.75) is 65.5 Å².